The van der Waals surface area contributed by atoms with Crippen LogP contribution < -0.4 is 14.1 Å². The van der Waals surface area contributed by atoms with Crippen LogP contribution >= 0.6 is 32.5 Å². The molecule has 0 aliphatic heterocycles. The summed E-state index contributed by atoms with van der Waals surface area (Å²) >= 11 is 5.93. The lowest BCUT2D eigenvalue weighted by Gasteiger charge is -2.11. The van der Waals surface area contributed by atoms with E-state index < -0.39 is 5.97 Å². The van der Waals surface area contributed by atoms with Gasteiger partial charge in [-0.3, -0.25) is 0 Å². The maximum atomic E-state index is 11.9. The molecule has 0 bridgehead atoms. The monoisotopic (exact) mass is 346 g/mol. The van der Waals surface area contributed by atoms with E-state index in [1.807, 2.05) is 0 Å². The third kappa shape index (κ3) is 3.34. The van der Waals surface area contributed by atoms with Crippen molar-refractivity contribution >= 4 is 44.1 Å². The fourth-order valence-corrected chi connectivity index (χ4v) is 3.55. The lowest BCUT2D eigenvalue weighted by Crippen LogP contribution is -2.04. The van der Waals surface area contributed by atoms with Gasteiger partial charge in [0, 0.05) is 22.7 Å². The number of aromatic nitrogens is 1. The van der Waals surface area contributed by atoms with Gasteiger partial charge in [0.2, 0.25) is 0 Å². The van der Waals surface area contributed by atoms with Gasteiger partial charge in [-0.25, -0.2) is 9.79 Å². The second-order valence-electron chi connectivity index (χ2n) is 3.67. The van der Waals surface area contributed by atoms with Crippen molar-refractivity contribution in [3.05, 3.63) is 27.5 Å². The minimum Gasteiger partial charge on any atom is -0.493 e. The summed E-state index contributed by atoms with van der Waals surface area (Å²) in [4.78, 5) is 16.2. The highest BCUT2D eigenvalue weighted by Crippen LogP contribution is 2.35. The summed E-state index contributed by atoms with van der Waals surface area (Å²) in [5.74, 6) is 0.335. The zero-order valence-electron chi connectivity index (χ0n) is 11.4. The number of hydrogen-bond acceptors (Lipinski definition) is 8. The maximum absolute atomic E-state index is 11.9. The van der Waals surface area contributed by atoms with Gasteiger partial charge in [-0.05, 0) is 10.3 Å². The Morgan fingerprint density at radius 1 is 1.24 bits per heavy atom. The number of halogens is 1. The van der Waals surface area contributed by atoms with Crippen molar-refractivity contribution < 1.29 is 19.0 Å². The molecule has 0 fully saturated rings. The number of carbonyl (C=O) groups is 1. The van der Waals surface area contributed by atoms with E-state index in [0.717, 1.165) is 0 Å². The van der Waals surface area contributed by atoms with Crippen LogP contribution in [0.4, 0.5) is 5.69 Å². The summed E-state index contributed by atoms with van der Waals surface area (Å²) in [6.45, 7) is 0. The largest absolute Gasteiger partial charge is 0.493 e. The number of hydrogen-bond donors (Lipinski definition) is 0. The van der Waals surface area contributed by atoms with Gasteiger partial charge in [0.1, 0.15) is 0 Å². The molecular formula is C12H11ClN2O4S2. The Balaban J connectivity index is 2.68. The minimum atomic E-state index is -0.529. The van der Waals surface area contributed by atoms with Crippen LogP contribution in [-0.4, -0.2) is 31.7 Å². The molecule has 0 atom stereocenters. The molecule has 2 rings (SSSR count). The first-order valence-corrected chi connectivity index (χ1v) is 8.09. The van der Waals surface area contributed by atoms with Crippen LogP contribution in [0.3, 0.4) is 0 Å². The quantitative estimate of drug-likeness (QED) is 0.629. The van der Waals surface area contributed by atoms with Crippen molar-refractivity contribution in [3.63, 3.8) is 0 Å². The van der Waals surface area contributed by atoms with Crippen LogP contribution in [0.2, 0.25) is 5.15 Å². The molecule has 1 aromatic carbocycles. The Bertz CT molecular complexity index is 726. The number of benzene rings is 1. The lowest BCUT2D eigenvalue weighted by atomic mass is 10.1. The summed E-state index contributed by atoms with van der Waals surface area (Å²) in [6, 6.07) is 3.10. The van der Waals surface area contributed by atoms with Crippen molar-refractivity contribution in [2.75, 3.05) is 21.3 Å². The first-order valence-electron chi connectivity index (χ1n) is 5.61. The van der Waals surface area contributed by atoms with Gasteiger partial charge in [0.05, 0.1) is 32.6 Å². The lowest BCUT2D eigenvalue weighted by molar-refractivity contribution is 0.0601. The van der Waals surface area contributed by atoms with E-state index in [4.69, 9.17) is 25.8 Å². The number of nitrogens with zero attached hydrogens (tertiary/aromatic N) is 2. The molecule has 0 N–H and O–H groups in total. The Hall–Kier alpha value is -1.64. The molecule has 0 aliphatic carbocycles. The van der Waals surface area contributed by atoms with Crippen molar-refractivity contribution in [2.45, 2.75) is 0 Å². The smallest absolute Gasteiger partial charge is 0.340 e. The third-order valence-corrected chi connectivity index (χ3v) is 4.71. The topological polar surface area (TPSA) is 70.0 Å². The average molecular weight is 347 g/mol. The number of methoxy groups -OCH3 is 3. The van der Waals surface area contributed by atoms with Gasteiger partial charge in [-0.1, -0.05) is 11.6 Å². The molecule has 9 heteroatoms. The van der Waals surface area contributed by atoms with Gasteiger partial charge in [0.15, 0.2) is 21.3 Å². The maximum Gasteiger partial charge on any atom is 0.340 e. The van der Waals surface area contributed by atoms with Gasteiger partial charge < -0.3 is 14.2 Å². The Morgan fingerprint density at radius 3 is 2.43 bits per heavy atom. The van der Waals surface area contributed by atoms with Gasteiger partial charge in [0.25, 0.3) is 0 Å². The summed E-state index contributed by atoms with van der Waals surface area (Å²) in [6.07, 6.45) is 0. The molecule has 1 aromatic heterocycles. The predicted octanol–water partition coefficient (Wildman–Crippen LogP) is 2.89. The average Bonchev–Trinajstić information content (AvgIpc) is 2.91. The second-order valence-corrected chi connectivity index (χ2v) is 5.86. The predicted molar refractivity (Wildman–Crippen MR) is 81.1 cm³/mol. The molecular weight excluding hydrogens is 336 g/mol. The Labute approximate surface area is 133 Å². The zero-order valence-corrected chi connectivity index (χ0v) is 13.8. The molecule has 0 saturated carbocycles. The molecule has 0 saturated heterocycles. The molecule has 0 radical (unpaired) electrons. The van der Waals surface area contributed by atoms with Crippen molar-refractivity contribution in [3.8, 4) is 11.5 Å². The van der Waals surface area contributed by atoms with E-state index in [-0.39, 0.29) is 10.7 Å². The van der Waals surface area contributed by atoms with Gasteiger partial charge in [-0.2, -0.15) is 4.37 Å². The molecule has 6 nitrogen and oxygen atoms in total. The minimum absolute atomic E-state index is 0.254. The Morgan fingerprint density at radius 2 is 1.90 bits per heavy atom. The van der Waals surface area contributed by atoms with Crippen molar-refractivity contribution in [2.24, 2.45) is 4.99 Å². The third-order valence-electron chi connectivity index (χ3n) is 2.54. The molecule has 112 valence electrons. The molecule has 0 unspecified atom stereocenters. The van der Waals surface area contributed by atoms with Crippen LogP contribution in [0, 0.1) is 0 Å². The standard InChI is InChI=1S/C12H11ClN2O4S2/c1-17-8-4-6(12(16)19-3)7(5-9(8)18-2)14-11-10(13)15-21-20-11/h4-5H,1-3H3. The van der Waals surface area contributed by atoms with E-state index in [2.05, 4.69) is 9.37 Å². The normalized spacial score (nSPS) is 11.3. The number of rotatable bonds is 4. The van der Waals surface area contributed by atoms with Crippen LogP contribution in [-0.2, 0) is 4.74 Å². The van der Waals surface area contributed by atoms with Crippen LogP contribution in [0.25, 0.3) is 0 Å². The van der Waals surface area contributed by atoms with Crippen LogP contribution in [0.15, 0.2) is 17.1 Å². The van der Waals surface area contributed by atoms with Crippen molar-refractivity contribution in [1.29, 1.82) is 0 Å². The first-order chi connectivity index (χ1) is 10.1. The van der Waals surface area contributed by atoms with E-state index >= 15 is 0 Å². The molecule has 21 heavy (non-hydrogen) atoms. The number of carbonyl (C=O) groups excluding carboxylic acids is 1. The SMILES string of the molecule is COC(=O)c1cc(OC)c(OC)cc1N=c1ssnc1Cl. The first kappa shape index (κ1) is 15.7. The second kappa shape index (κ2) is 6.88. The fraction of sp³-hybridized carbons (Fsp3) is 0.250. The van der Waals surface area contributed by atoms with Crippen LogP contribution in [0.5, 0.6) is 11.5 Å². The highest BCUT2D eigenvalue weighted by atomic mass is 35.5. The molecule has 0 spiro atoms. The summed E-state index contributed by atoms with van der Waals surface area (Å²) in [7, 11) is 6.80. The fourth-order valence-electron chi connectivity index (χ4n) is 1.57. The van der Waals surface area contributed by atoms with Gasteiger partial charge >= 0.3 is 5.97 Å². The van der Waals surface area contributed by atoms with Crippen molar-refractivity contribution in [1.82, 2.24) is 4.37 Å². The summed E-state index contributed by atoms with van der Waals surface area (Å²) in [5.41, 5.74) is 0.627. The number of esters is 1. The van der Waals surface area contributed by atoms with E-state index in [1.54, 1.807) is 6.07 Å². The molecule has 1 heterocycles. The highest BCUT2D eigenvalue weighted by Gasteiger charge is 2.17. The van der Waals surface area contributed by atoms with E-state index in [1.165, 1.54) is 48.3 Å². The molecule has 0 aliphatic rings. The summed E-state index contributed by atoms with van der Waals surface area (Å²) in [5, 5.41) is 0.288. The number of ether oxygens (including phenoxy) is 3. The zero-order chi connectivity index (χ0) is 15.4. The van der Waals surface area contributed by atoms with Gasteiger partial charge in [-0.15, -0.1) is 0 Å². The highest BCUT2D eigenvalue weighted by molar-refractivity contribution is 7.66. The van der Waals surface area contributed by atoms with E-state index in [9.17, 15) is 4.79 Å². The van der Waals surface area contributed by atoms with Crippen LogP contribution in [0.1, 0.15) is 10.4 Å². The van der Waals surface area contributed by atoms with E-state index in [0.29, 0.717) is 21.9 Å². The molecule has 0 amide bonds. The molecule has 2 aromatic rings. The summed E-state index contributed by atoms with van der Waals surface area (Å²) < 4.78 is 19.6. The Kier molecular flexibility index (Phi) is 5.16.